The molecule has 0 atom stereocenters. The van der Waals surface area contributed by atoms with Crippen LogP contribution >= 0.6 is 11.3 Å². The summed E-state index contributed by atoms with van der Waals surface area (Å²) in [6, 6.07) is 10.2. The highest BCUT2D eigenvalue weighted by molar-refractivity contribution is 7.88. The van der Waals surface area contributed by atoms with Gasteiger partial charge in [0.1, 0.15) is 5.82 Å². The molecule has 0 aliphatic carbocycles. The van der Waals surface area contributed by atoms with E-state index in [0.29, 0.717) is 12.5 Å². The highest BCUT2D eigenvalue weighted by atomic mass is 32.2. The molecule has 25 heavy (non-hydrogen) atoms. The van der Waals surface area contributed by atoms with Crippen LogP contribution in [0.25, 0.3) is 0 Å². The fourth-order valence-corrected chi connectivity index (χ4v) is 5.07. The van der Waals surface area contributed by atoms with E-state index < -0.39 is 15.8 Å². The minimum absolute atomic E-state index is 0.209. The summed E-state index contributed by atoms with van der Waals surface area (Å²) in [5.74, 6) is -0.443. The number of rotatable bonds is 7. The van der Waals surface area contributed by atoms with E-state index in [1.807, 2.05) is 0 Å². The lowest BCUT2D eigenvalue weighted by Crippen LogP contribution is -2.38. The molecule has 136 valence electrons. The van der Waals surface area contributed by atoms with Crippen LogP contribution in [-0.4, -0.2) is 33.0 Å². The van der Waals surface area contributed by atoms with Gasteiger partial charge in [0.05, 0.1) is 5.75 Å². The summed E-state index contributed by atoms with van der Waals surface area (Å²) in [5, 5.41) is 2.09. The third kappa shape index (κ3) is 5.60. The number of thiophene rings is 1. The Balaban J connectivity index is 1.44. The molecular weight excluding hydrogens is 359 g/mol. The number of halogens is 1. The normalized spacial score (nSPS) is 17.0. The predicted molar refractivity (Wildman–Crippen MR) is 99.3 cm³/mol. The molecule has 7 heteroatoms. The van der Waals surface area contributed by atoms with Gasteiger partial charge in [0.15, 0.2) is 0 Å². The maximum Gasteiger partial charge on any atom is 0.215 e. The van der Waals surface area contributed by atoms with Crippen molar-refractivity contribution in [3.8, 4) is 0 Å². The number of benzene rings is 1. The van der Waals surface area contributed by atoms with Gasteiger partial charge in [-0.15, -0.1) is 11.3 Å². The molecular formula is C18H23FN2O2S2. The van der Waals surface area contributed by atoms with Crippen molar-refractivity contribution in [2.24, 2.45) is 5.92 Å². The first-order chi connectivity index (χ1) is 12.0. The molecule has 2 aromatic rings. The van der Waals surface area contributed by atoms with Crippen LogP contribution in [0.1, 0.15) is 23.3 Å². The van der Waals surface area contributed by atoms with E-state index in [1.54, 1.807) is 23.5 Å². The molecule has 1 saturated heterocycles. The Morgan fingerprint density at radius 3 is 2.60 bits per heavy atom. The van der Waals surface area contributed by atoms with Gasteiger partial charge in [0.2, 0.25) is 10.0 Å². The molecule has 4 nitrogen and oxygen atoms in total. The summed E-state index contributed by atoms with van der Waals surface area (Å²) in [6.07, 6.45) is 1.96. The molecule has 1 fully saturated rings. The molecule has 1 aromatic carbocycles. The lowest BCUT2D eigenvalue weighted by Gasteiger charge is -2.31. The first-order valence-electron chi connectivity index (χ1n) is 8.47. The van der Waals surface area contributed by atoms with E-state index in [9.17, 15) is 12.8 Å². The Labute approximate surface area is 152 Å². The molecule has 1 aliphatic rings. The van der Waals surface area contributed by atoms with Crippen LogP contribution in [0, 0.1) is 11.7 Å². The van der Waals surface area contributed by atoms with Gasteiger partial charge < -0.3 is 0 Å². The molecule has 0 spiro atoms. The van der Waals surface area contributed by atoms with Crippen molar-refractivity contribution in [3.63, 3.8) is 0 Å². The molecule has 2 heterocycles. The highest BCUT2D eigenvalue weighted by Gasteiger charge is 2.22. The Morgan fingerprint density at radius 1 is 1.16 bits per heavy atom. The number of piperidine rings is 1. The van der Waals surface area contributed by atoms with Crippen LogP contribution in [0.4, 0.5) is 4.39 Å². The molecule has 0 saturated carbocycles. The Kier molecular flexibility index (Phi) is 6.22. The first-order valence-corrected chi connectivity index (χ1v) is 11.0. The fourth-order valence-electron chi connectivity index (χ4n) is 3.09. The maximum atomic E-state index is 13.6. The zero-order valence-corrected chi connectivity index (χ0v) is 15.7. The maximum absolute atomic E-state index is 13.6. The summed E-state index contributed by atoms with van der Waals surface area (Å²) >= 11 is 1.77. The highest BCUT2D eigenvalue weighted by Crippen LogP contribution is 2.20. The van der Waals surface area contributed by atoms with Gasteiger partial charge >= 0.3 is 0 Å². The summed E-state index contributed by atoms with van der Waals surface area (Å²) in [4.78, 5) is 3.78. The molecule has 1 aromatic heterocycles. The SMILES string of the molecule is O=S(=O)(Cc1ccccc1F)NCC1CCN(Cc2cccs2)CC1. The van der Waals surface area contributed by atoms with Gasteiger partial charge in [0, 0.05) is 23.5 Å². The second-order valence-electron chi connectivity index (χ2n) is 6.50. The van der Waals surface area contributed by atoms with Gasteiger partial charge in [-0.25, -0.2) is 17.5 Å². The Morgan fingerprint density at radius 2 is 1.92 bits per heavy atom. The summed E-state index contributed by atoms with van der Waals surface area (Å²) < 4.78 is 40.6. The van der Waals surface area contributed by atoms with Gasteiger partial charge in [0.25, 0.3) is 0 Å². The number of nitrogens with one attached hydrogen (secondary N) is 1. The quantitative estimate of drug-likeness (QED) is 0.800. The van der Waals surface area contributed by atoms with Crippen LogP contribution in [0.3, 0.4) is 0 Å². The standard InChI is InChI=1S/C18H23FN2O2S2/c19-18-6-2-1-4-16(18)14-25(22,23)20-12-15-7-9-21(10-8-15)13-17-5-3-11-24-17/h1-6,11,15,20H,7-10,12-14H2. The van der Waals surface area contributed by atoms with Crippen molar-refractivity contribution in [1.82, 2.24) is 9.62 Å². The van der Waals surface area contributed by atoms with E-state index in [-0.39, 0.29) is 11.3 Å². The topological polar surface area (TPSA) is 49.4 Å². The monoisotopic (exact) mass is 382 g/mol. The molecule has 1 aliphatic heterocycles. The van der Waals surface area contributed by atoms with E-state index in [4.69, 9.17) is 0 Å². The Hall–Kier alpha value is -1.28. The number of likely N-dealkylation sites (tertiary alicyclic amines) is 1. The molecule has 0 radical (unpaired) electrons. The van der Waals surface area contributed by atoms with Crippen molar-refractivity contribution < 1.29 is 12.8 Å². The van der Waals surface area contributed by atoms with E-state index >= 15 is 0 Å². The van der Waals surface area contributed by atoms with Crippen molar-refractivity contribution in [2.45, 2.75) is 25.1 Å². The van der Waals surface area contributed by atoms with Crippen molar-refractivity contribution in [3.05, 3.63) is 58.0 Å². The molecule has 0 amide bonds. The molecule has 0 bridgehead atoms. The third-order valence-corrected chi connectivity index (χ3v) is 6.72. The number of hydrogen-bond donors (Lipinski definition) is 1. The van der Waals surface area contributed by atoms with Crippen LogP contribution in [0.2, 0.25) is 0 Å². The summed E-state index contributed by atoms with van der Waals surface area (Å²) in [7, 11) is -3.51. The van der Waals surface area contributed by atoms with E-state index in [2.05, 4.69) is 27.1 Å². The smallest absolute Gasteiger partial charge is 0.215 e. The minimum atomic E-state index is -3.51. The van der Waals surface area contributed by atoms with Crippen molar-refractivity contribution in [2.75, 3.05) is 19.6 Å². The lowest BCUT2D eigenvalue weighted by atomic mass is 9.97. The van der Waals surface area contributed by atoms with Crippen LogP contribution in [-0.2, 0) is 22.3 Å². The van der Waals surface area contributed by atoms with E-state index in [1.165, 1.54) is 17.0 Å². The van der Waals surface area contributed by atoms with Crippen molar-refractivity contribution in [1.29, 1.82) is 0 Å². The van der Waals surface area contributed by atoms with Gasteiger partial charge in [-0.05, 0) is 49.4 Å². The van der Waals surface area contributed by atoms with Crippen LogP contribution in [0.15, 0.2) is 41.8 Å². The zero-order valence-electron chi connectivity index (χ0n) is 14.0. The van der Waals surface area contributed by atoms with Crippen LogP contribution < -0.4 is 4.72 Å². The Bertz CT molecular complexity index is 770. The zero-order chi connectivity index (χ0) is 17.7. The number of hydrogen-bond acceptors (Lipinski definition) is 4. The first kappa shape index (κ1) is 18.5. The number of sulfonamides is 1. The molecule has 0 unspecified atom stereocenters. The fraction of sp³-hybridized carbons (Fsp3) is 0.444. The molecule has 3 rings (SSSR count). The largest absolute Gasteiger partial charge is 0.298 e. The second-order valence-corrected chi connectivity index (χ2v) is 9.34. The molecule has 1 N–H and O–H groups in total. The second kappa shape index (κ2) is 8.40. The van der Waals surface area contributed by atoms with E-state index in [0.717, 1.165) is 32.5 Å². The summed E-state index contributed by atoms with van der Waals surface area (Å²) in [5.41, 5.74) is 0.209. The predicted octanol–water partition coefficient (Wildman–Crippen LogP) is 3.22. The van der Waals surface area contributed by atoms with Gasteiger partial charge in [-0.1, -0.05) is 24.3 Å². The average Bonchev–Trinajstić information content (AvgIpc) is 3.09. The van der Waals surface area contributed by atoms with Gasteiger partial charge in [-0.3, -0.25) is 4.90 Å². The lowest BCUT2D eigenvalue weighted by molar-refractivity contribution is 0.180. The van der Waals surface area contributed by atoms with Crippen LogP contribution in [0.5, 0.6) is 0 Å². The average molecular weight is 383 g/mol. The third-order valence-electron chi connectivity index (χ3n) is 4.56. The van der Waals surface area contributed by atoms with Gasteiger partial charge in [-0.2, -0.15) is 0 Å². The number of nitrogens with zero attached hydrogens (tertiary/aromatic N) is 1. The minimum Gasteiger partial charge on any atom is -0.298 e. The van der Waals surface area contributed by atoms with Crippen molar-refractivity contribution >= 4 is 21.4 Å². The summed E-state index contributed by atoms with van der Waals surface area (Å²) in [6.45, 7) is 3.38.